The van der Waals surface area contributed by atoms with E-state index in [2.05, 4.69) is 35.0 Å². The minimum absolute atomic E-state index is 0.715. The molecule has 96 valence electrons. The van der Waals surface area contributed by atoms with Crippen molar-refractivity contribution in [2.45, 2.75) is 13.3 Å². The number of nitrogens with zero attached hydrogens (tertiary/aromatic N) is 3. The highest BCUT2D eigenvalue weighted by atomic mass is 32.2. The van der Waals surface area contributed by atoms with Crippen LogP contribution in [0.1, 0.15) is 13.3 Å². The molecule has 0 aliphatic rings. The van der Waals surface area contributed by atoms with Gasteiger partial charge in [-0.1, -0.05) is 0 Å². The molecule has 0 aliphatic heterocycles. The summed E-state index contributed by atoms with van der Waals surface area (Å²) in [6.45, 7) is 4.67. The van der Waals surface area contributed by atoms with Crippen LogP contribution >= 0.6 is 0 Å². The van der Waals surface area contributed by atoms with Gasteiger partial charge in [0.1, 0.15) is 0 Å². The maximum Gasteiger partial charge on any atom is 0.261 e. The Morgan fingerprint density at radius 3 is 2.19 bits per heavy atom. The molecule has 0 fully saturated rings. The molecule has 6 nitrogen and oxygen atoms in total. The Morgan fingerprint density at radius 1 is 1.31 bits per heavy atom. The van der Waals surface area contributed by atoms with Gasteiger partial charge in [-0.25, -0.2) is 9.98 Å². The van der Waals surface area contributed by atoms with Crippen LogP contribution in [0, 0.1) is 0 Å². The smallest absolute Gasteiger partial charge is 0.261 e. The lowest BCUT2D eigenvalue weighted by molar-refractivity contribution is 0.403. The molecule has 0 aromatic carbocycles. The van der Waals surface area contributed by atoms with Gasteiger partial charge in [0.15, 0.2) is 0 Å². The fourth-order valence-electron chi connectivity index (χ4n) is 0.637. The minimum atomic E-state index is -3.67. The molecule has 0 rings (SSSR count). The van der Waals surface area contributed by atoms with Crippen LogP contribution in [-0.4, -0.2) is 63.9 Å². The normalized spacial score (nSPS) is 10.1. The predicted octanol–water partition coefficient (Wildman–Crippen LogP) is 0.636. The van der Waals surface area contributed by atoms with Gasteiger partial charge < -0.3 is 4.90 Å². The van der Waals surface area contributed by atoms with Crippen molar-refractivity contribution in [2.75, 3.05) is 40.0 Å². The molecule has 0 saturated carbocycles. The second-order valence-corrected chi connectivity index (χ2v) is 4.81. The molecule has 16 heavy (non-hydrogen) atoms. The Balaban J connectivity index is 0. The van der Waals surface area contributed by atoms with Gasteiger partial charge in [0.25, 0.3) is 10.1 Å². The van der Waals surface area contributed by atoms with Crippen molar-refractivity contribution >= 4 is 16.1 Å². The second kappa shape index (κ2) is 10.8. The highest BCUT2D eigenvalue weighted by Gasteiger charge is 1.86. The van der Waals surface area contributed by atoms with Crippen LogP contribution in [0.2, 0.25) is 0 Å². The average Bonchev–Trinajstić information content (AvgIpc) is 2.08. The van der Waals surface area contributed by atoms with E-state index in [0.717, 1.165) is 26.1 Å². The molecule has 0 spiro atoms. The van der Waals surface area contributed by atoms with Crippen molar-refractivity contribution in [3.05, 3.63) is 0 Å². The zero-order valence-corrected chi connectivity index (χ0v) is 11.2. The lowest BCUT2D eigenvalue weighted by atomic mass is 10.4. The van der Waals surface area contributed by atoms with Crippen molar-refractivity contribution in [2.24, 2.45) is 9.98 Å². The monoisotopic (exact) mass is 251 g/mol. The largest absolute Gasteiger partial charge is 0.309 e. The van der Waals surface area contributed by atoms with Gasteiger partial charge in [-0.3, -0.25) is 4.55 Å². The van der Waals surface area contributed by atoms with Crippen molar-refractivity contribution in [1.82, 2.24) is 4.90 Å². The summed E-state index contributed by atoms with van der Waals surface area (Å²) < 4.78 is 25.9. The second-order valence-electron chi connectivity index (χ2n) is 3.35. The molecular weight excluding hydrogens is 230 g/mol. The predicted molar refractivity (Wildman–Crippen MR) is 65.9 cm³/mol. The standard InChI is InChI=1S/C8H17N3.CH4O3S/c1-4-9-8-10-6-5-7-11(2)3;1-5(2,3)4/h4-7H2,1-3H3;1H3,(H,2,3,4). The topological polar surface area (TPSA) is 82.3 Å². The van der Waals surface area contributed by atoms with Crippen LogP contribution in [0.15, 0.2) is 9.98 Å². The molecule has 0 bridgehead atoms. The molecule has 7 heteroatoms. The van der Waals surface area contributed by atoms with Crippen LogP contribution < -0.4 is 0 Å². The van der Waals surface area contributed by atoms with E-state index >= 15 is 0 Å². The fraction of sp³-hybridized carbons (Fsp3) is 0.889. The summed E-state index contributed by atoms with van der Waals surface area (Å²) in [5.74, 6) is 0. The van der Waals surface area contributed by atoms with E-state index in [1.807, 2.05) is 6.92 Å². The molecule has 0 amide bonds. The molecule has 0 aliphatic carbocycles. The van der Waals surface area contributed by atoms with Crippen molar-refractivity contribution in [3.8, 4) is 0 Å². The molecule has 0 saturated heterocycles. The summed E-state index contributed by atoms with van der Waals surface area (Å²) in [5, 5.41) is 0. The lowest BCUT2D eigenvalue weighted by Crippen LogP contribution is -2.13. The molecule has 0 radical (unpaired) electrons. The van der Waals surface area contributed by atoms with Crippen LogP contribution in [0.3, 0.4) is 0 Å². The Labute approximate surface area is 97.8 Å². The van der Waals surface area contributed by atoms with E-state index in [-0.39, 0.29) is 0 Å². The SMILES string of the molecule is CCN=C=NCCCN(C)C.CS(=O)(=O)O. The third kappa shape index (κ3) is 37.8. The Bertz CT molecular complexity index is 298. The molecule has 0 atom stereocenters. The van der Waals surface area contributed by atoms with E-state index in [4.69, 9.17) is 4.55 Å². The summed E-state index contributed by atoms with van der Waals surface area (Å²) >= 11 is 0. The first-order valence-electron chi connectivity index (χ1n) is 4.92. The summed E-state index contributed by atoms with van der Waals surface area (Å²) in [7, 11) is 0.452. The summed E-state index contributed by atoms with van der Waals surface area (Å²) in [4.78, 5) is 9.99. The number of hydrogen-bond acceptors (Lipinski definition) is 5. The van der Waals surface area contributed by atoms with Gasteiger partial charge in [-0.2, -0.15) is 8.42 Å². The molecule has 0 aromatic rings. The van der Waals surface area contributed by atoms with Gasteiger partial charge in [0, 0.05) is 6.54 Å². The highest BCUT2D eigenvalue weighted by Crippen LogP contribution is 1.82. The first kappa shape index (κ1) is 17.6. The zero-order valence-electron chi connectivity index (χ0n) is 10.3. The maximum atomic E-state index is 9.19. The Hall–Kier alpha value is -0.750. The first-order valence-corrected chi connectivity index (χ1v) is 6.77. The van der Waals surface area contributed by atoms with Gasteiger partial charge in [0.2, 0.25) is 0 Å². The molecule has 1 N–H and O–H groups in total. The lowest BCUT2D eigenvalue weighted by Gasteiger charge is -2.05. The van der Waals surface area contributed by atoms with Crippen LogP contribution in [-0.2, 0) is 10.1 Å². The Kier molecular flexibility index (Phi) is 11.9. The van der Waals surface area contributed by atoms with Crippen LogP contribution in [0.4, 0.5) is 0 Å². The van der Waals surface area contributed by atoms with Crippen LogP contribution in [0.25, 0.3) is 0 Å². The van der Waals surface area contributed by atoms with E-state index in [1.54, 1.807) is 0 Å². The molecule has 0 unspecified atom stereocenters. The third-order valence-corrected chi connectivity index (χ3v) is 1.17. The van der Waals surface area contributed by atoms with Gasteiger partial charge in [0.05, 0.1) is 18.8 Å². The number of aliphatic imine (C=N–C) groups is 2. The van der Waals surface area contributed by atoms with Crippen molar-refractivity contribution in [1.29, 1.82) is 0 Å². The molecule has 0 heterocycles. The maximum absolute atomic E-state index is 9.19. The van der Waals surface area contributed by atoms with Gasteiger partial charge in [-0.05, 0) is 34.0 Å². The summed E-state index contributed by atoms with van der Waals surface area (Å²) in [5.41, 5.74) is 0. The zero-order chi connectivity index (χ0) is 13.0. The van der Waals surface area contributed by atoms with Gasteiger partial charge in [-0.15, -0.1) is 0 Å². The molecule has 0 aromatic heterocycles. The van der Waals surface area contributed by atoms with Crippen molar-refractivity contribution < 1.29 is 13.0 Å². The average molecular weight is 251 g/mol. The summed E-state index contributed by atoms with van der Waals surface area (Å²) in [6.07, 6.45) is 1.80. The number of hydrogen-bond donors (Lipinski definition) is 1. The van der Waals surface area contributed by atoms with Gasteiger partial charge >= 0.3 is 0 Å². The van der Waals surface area contributed by atoms with E-state index in [0.29, 0.717) is 6.26 Å². The fourth-order valence-corrected chi connectivity index (χ4v) is 0.637. The minimum Gasteiger partial charge on any atom is -0.309 e. The third-order valence-electron chi connectivity index (χ3n) is 1.17. The summed E-state index contributed by atoms with van der Waals surface area (Å²) in [6, 6.07) is 2.64. The highest BCUT2D eigenvalue weighted by molar-refractivity contribution is 7.85. The van der Waals surface area contributed by atoms with E-state index < -0.39 is 10.1 Å². The van der Waals surface area contributed by atoms with E-state index in [1.165, 1.54) is 0 Å². The quantitative estimate of drug-likeness (QED) is 0.441. The first-order chi connectivity index (χ1) is 7.27. The van der Waals surface area contributed by atoms with Crippen molar-refractivity contribution in [3.63, 3.8) is 0 Å². The van der Waals surface area contributed by atoms with Crippen LogP contribution in [0.5, 0.6) is 0 Å². The Morgan fingerprint density at radius 2 is 1.81 bits per heavy atom. The number of rotatable bonds is 5. The van der Waals surface area contributed by atoms with E-state index in [9.17, 15) is 8.42 Å². The molecular formula is C9H21N3O3S.